The van der Waals surface area contributed by atoms with Crippen molar-refractivity contribution in [3.63, 3.8) is 0 Å². The highest BCUT2D eigenvalue weighted by atomic mass is 16.6. The lowest BCUT2D eigenvalue weighted by Crippen LogP contribution is -2.65. The van der Waals surface area contributed by atoms with E-state index >= 15 is 0 Å². The topological polar surface area (TPSA) is 234 Å². The average molecular weight is 579 g/mol. The standard InChI is InChI=1S/C28H26N4O10/c1-31(2)20-15-10-13-9-12-5-8-16(30-27(39)11-3-6-14(7-4-11)32(41)42)21(33)17(12)22(34)18(13)24(36)28(15,40)25(37)19(23(20)35)26(29)38/h3-8,13,15,20,33-34,37,40H,9-10H2,1-2H3,(H2,29,38)(H,30,39). The fourth-order valence-electron chi connectivity index (χ4n) is 6.25. The molecule has 3 aliphatic rings. The van der Waals surface area contributed by atoms with Crippen molar-refractivity contribution < 1.29 is 44.5 Å². The third kappa shape index (κ3) is 4.02. The quantitative estimate of drug-likeness (QED) is 0.127. The lowest BCUT2D eigenvalue weighted by Gasteiger charge is -2.50. The van der Waals surface area contributed by atoms with Crippen molar-refractivity contribution in [3.8, 4) is 5.75 Å². The summed E-state index contributed by atoms with van der Waals surface area (Å²) < 4.78 is 0. The molecule has 5 rings (SSSR count). The van der Waals surface area contributed by atoms with Crippen LogP contribution in [0.15, 0.2) is 53.3 Å². The third-order valence-corrected chi connectivity index (χ3v) is 8.18. The summed E-state index contributed by atoms with van der Waals surface area (Å²) in [5, 5.41) is 58.3. The molecule has 7 N–H and O–H groups in total. The van der Waals surface area contributed by atoms with Gasteiger partial charge in [-0.05, 0) is 56.6 Å². The molecule has 0 radical (unpaired) electrons. The second-order valence-electron chi connectivity index (χ2n) is 10.7. The number of rotatable bonds is 5. The molecule has 218 valence electrons. The summed E-state index contributed by atoms with van der Waals surface area (Å²) in [5.41, 5.74) is 1.23. The fraction of sp³-hybridized carbons (Fsp3) is 0.286. The van der Waals surface area contributed by atoms with Crippen LogP contribution in [-0.2, 0) is 20.8 Å². The van der Waals surface area contributed by atoms with Gasteiger partial charge in [0.25, 0.3) is 17.5 Å². The first-order chi connectivity index (χ1) is 19.7. The molecule has 3 aliphatic carbocycles. The molecule has 2 amide bonds. The number of likely N-dealkylation sites (N-methyl/N-ethyl adjacent to an activating group) is 1. The largest absolute Gasteiger partial charge is 0.508 e. The van der Waals surface area contributed by atoms with Crippen molar-refractivity contribution in [1.82, 2.24) is 4.90 Å². The number of phenols is 1. The van der Waals surface area contributed by atoms with E-state index in [4.69, 9.17) is 5.73 Å². The van der Waals surface area contributed by atoms with Crippen LogP contribution in [-0.4, -0.2) is 79.4 Å². The Morgan fingerprint density at radius 2 is 1.74 bits per heavy atom. The molecule has 0 aliphatic heterocycles. The van der Waals surface area contributed by atoms with Crippen molar-refractivity contribution in [2.75, 3.05) is 19.4 Å². The molecule has 0 heterocycles. The van der Waals surface area contributed by atoms with Gasteiger partial charge in [0.2, 0.25) is 5.78 Å². The Morgan fingerprint density at radius 3 is 2.31 bits per heavy atom. The van der Waals surface area contributed by atoms with Crippen LogP contribution < -0.4 is 11.1 Å². The summed E-state index contributed by atoms with van der Waals surface area (Å²) in [5.74, 6) is -8.43. The normalized spacial score (nSPS) is 25.1. The van der Waals surface area contributed by atoms with Crippen LogP contribution in [0, 0.1) is 22.0 Å². The number of amides is 2. The molecule has 4 atom stereocenters. The number of hydrogen-bond acceptors (Lipinski definition) is 11. The fourth-order valence-corrected chi connectivity index (χ4v) is 6.25. The minimum Gasteiger partial charge on any atom is -0.508 e. The number of nitro groups is 1. The average Bonchev–Trinajstić information content (AvgIpc) is 2.91. The van der Waals surface area contributed by atoms with E-state index in [2.05, 4.69) is 5.32 Å². The van der Waals surface area contributed by atoms with E-state index in [9.17, 15) is 49.7 Å². The van der Waals surface area contributed by atoms with E-state index in [1.807, 2.05) is 0 Å². The van der Waals surface area contributed by atoms with Crippen molar-refractivity contribution in [3.05, 3.63) is 80.1 Å². The lowest BCUT2D eigenvalue weighted by atomic mass is 9.57. The monoisotopic (exact) mass is 578 g/mol. The Labute approximate surface area is 237 Å². The first kappa shape index (κ1) is 28.4. The number of nitrogens with zero attached hydrogens (tertiary/aromatic N) is 2. The number of phenolic OH excluding ortho intramolecular Hbond substituents is 1. The molecule has 14 heteroatoms. The predicted molar refractivity (Wildman–Crippen MR) is 145 cm³/mol. The van der Waals surface area contributed by atoms with Gasteiger partial charge in [-0.25, -0.2) is 0 Å². The molecule has 0 bridgehead atoms. The minimum absolute atomic E-state index is 0.0471. The van der Waals surface area contributed by atoms with E-state index in [1.165, 1.54) is 43.3 Å². The Bertz CT molecular complexity index is 1660. The number of fused-ring (bicyclic) bond motifs is 3. The number of anilines is 1. The van der Waals surface area contributed by atoms with Crippen molar-refractivity contribution >= 4 is 40.5 Å². The molecule has 0 spiro atoms. The maximum atomic E-state index is 13.9. The van der Waals surface area contributed by atoms with Gasteiger partial charge < -0.3 is 31.5 Å². The van der Waals surface area contributed by atoms with Gasteiger partial charge in [-0.2, -0.15) is 0 Å². The zero-order valence-corrected chi connectivity index (χ0v) is 22.3. The van der Waals surface area contributed by atoms with Crippen LogP contribution in [0.5, 0.6) is 5.75 Å². The second-order valence-corrected chi connectivity index (χ2v) is 10.7. The number of aliphatic hydroxyl groups excluding tert-OH is 2. The van der Waals surface area contributed by atoms with Crippen molar-refractivity contribution in [2.24, 2.45) is 17.6 Å². The summed E-state index contributed by atoms with van der Waals surface area (Å²) in [4.78, 5) is 63.5. The number of primary amides is 1. The van der Waals surface area contributed by atoms with Crippen molar-refractivity contribution in [2.45, 2.75) is 24.5 Å². The summed E-state index contributed by atoms with van der Waals surface area (Å²) in [6, 6.07) is 6.44. The van der Waals surface area contributed by atoms with Gasteiger partial charge in [-0.1, -0.05) is 6.07 Å². The molecular formula is C28H26N4O10. The smallest absolute Gasteiger partial charge is 0.269 e. The summed E-state index contributed by atoms with van der Waals surface area (Å²) in [6.07, 6.45) is 0.0455. The number of aliphatic hydroxyl groups is 3. The summed E-state index contributed by atoms with van der Waals surface area (Å²) >= 11 is 0. The number of carbonyl (C=O) groups excluding carboxylic acids is 4. The van der Waals surface area contributed by atoms with Crippen LogP contribution in [0.4, 0.5) is 11.4 Å². The highest BCUT2D eigenvalue weighted by Crippen LogP contribution is 2.53. The zero-order chi connectivity index (χ0) is 30.8. The molecule has 42 heavy (non-hydrogen) atoms. The number of Topliss-reactive ketones (excluding diaryl/α,β-unsaturated/α-hetero) is 2. The Kier molecular flexibility index (Phi) is 6.63. The molecule has 4 unspecified atom stereocenters. The van der Waals surface area contributed by atoms with Crippen LogP contribution in [0.1, 0.15) is 27.9 Å². The summed E-state index contributed by atoms with van der Waals surface area (Å²) in [6.45, 7) is 0. The first-order valence-corrected chi connectivity index (χ1v) is 12.8. The van der Waals surface area contributed by atoms with Gasteiger partial charge >= 0.3 is 0 Å². The van der Waals surface area contributed by atoms with E-state index in [0.717, 1.165) is 12.1 Å². The molecule has 0 saturated heterocycles. The van der Waals surface area contributed by atoms with Gasteiger partial charge in [0, 0.05) is 29.2 Å². The number of nitro benzene ring substituents is 1. The molecule has 1 fully saturated rings. The van der Waals surface area contributed by atoms with Crippen LogP contribution in [0.2, 0.25) is 0 Å². The van der Waals surface area contributed by atoms with E-state index in [-0.39, 0.29) is 40.9 Å². The zero-order valence-electron chi connectivity index (χ0n) is 22.3. The van der Waals surface area contributed by atoms with Crippen LogP contribution >= 0.6 is 0 Å². The highest BCUT2D eigenvalue weighted by molar-refractivity contribution is 6.24. The number of ketones is 2. The maximum absolute atomic E-state index is 13.9. The number of benzene rings is 2. The molecule has 14 nitrogen and oxygen atoms in total. The minimum atomic E-state index is -2.76. The Hall–Kier alpha value is -5.08. The third-order valence-electron chi connectivity index (χ3n) is 8.18. The van der Waals surface area contributed by atoms with E-state index < -0.39 is 74.6 Å². The van der Waals surface area contributed by atoms with Gasteiger partial charge in [0.05, 0.1) is 22.2 Å². The highest BCUT2D eigenvalue weighted by Gasteiger charge is 2.64. The number of nitrogens with two attached hydrogens (primary N) is 1. The van der Waals surface area contributed by atoms with Crippen LogP contribution in [0.25, 0.3) is 5.76 Å². The molecule has 0 aromatic heterocycles. The van der Waals surface area contributed by atoms with Gasteiger partial charge in [-0.3, -0.25) is 34.2 Å². The number of aromatic hydroxyl groups is 1. The van der Waals surface area contributed by atoms with Crippen LogP contribution in [0.3, 0.4) is 0 Å². The number of carbonyl (C=O) groups is 4. The van der Waals surface area contributed by atoms with Gasteiger partial charge in [-0.15, -0.1) is 0 Å². The molecule has 2 aromatic carbocycles. The SMILES string of the molecule is CN(C)C1C(=O)C(C(N)=O)=C(O)C2(O)C(=O)C3=C(O)c4c(ccc(NC(=O)c5ccc([N+](=O)[O-])cc5)c4O)CC3CC12. The Balaban J connectivity index is 1.57. The number of hydrogen-bond donors (Lipinski definition) is 6. The van der Waals surface area contributed by atoms with Gasteiger partial charge in [0.1, 0.15) is 22.8 Å². The number of nitrogens with one attached hydrogen (secondary N) is 1. The second kappa shape index (κ2) is 9.78. The molecule has 2 aromatic rings. The number of non-ortho nitro benzene ring substituents is 1. The van der Waals surface area contributed by atoms with Crippen molar-refractivity contribution in [1.29, 1.82) is 0 Å². The Morgan fingerprint density at radius 1 is 1.10 bits per heavy atom. The predicted octanol–water partition coefficient (Wildman–Crippen LogP) is 1.12. The van der Waals surface area contributed by atoms with E-state index in [0.29, 0.717) is 5.56 Å². The van der Waals surface area contributed by atoms with E-state index in [1.54, 1.807) is 0 Å². The van der Waals surface area contributed by atoms with Gasteiger partial charge in [0.15, 0.2) is 11.4 Å². The molecule has 1 saturated carbocycles. The lowest BCUT2D eigenvalue weighted by molar-refractivity contribution is -0.384. The first-order valence-electron chi connectivity index (χ1n) is 12.8. The summed E-state index contributed by atoms with van der Waals surface area (Å²) in [7, 11) is 3.02. The molecular weight excluding hydrogens is 552 g/mol. The maximum Gasteiger partial charge on any atom is 0.269 e.